The smallest absolute Gasteiger partial charge is 0.243 e. The number of hydrogen-bond donors (Lipinski definition) is 1. The predicted molar refractivity (Wildman–Crippen MR) is 107 cm³/mol. The van der Waals surface area contributed by atoms with E-state index < -0.39 is 0 Å². The number of rotatable bonds is 6. The van der Waals surface area contributed by atoms with Crippen LogP contribution in [0.2, 0.25) is 0 Å². The molecule has 1 N–H and O–H groups in total. The molecular formula is C22H30N2O2. The van der Waals surface area contributed by atoms with Gasteiger partial charge in [-0.2, -0.15) is 0 Å². The number of carbonyl (C=O) groups excluding carboxylic acids is 2. The average Bonchev–Trinajstić information content (AvgIpc) is 2.54. The molecule has 0 aliphatic carbocycles. The van der Waals surface area contributed by atoms with Crippen LogP contribution >= 0.6 is 0 Å². The monoisotopic (exact) mass is 354 g/mol. The number of imide groups is 1. The van der Waals surface area contributed by atoms with E-state index in [-0.39, 0.29) is 23.3 Å². The van der Waals surface area contributed by atoms with Crippen molar-refractivity contribution < 1.29 is 9.59 Å². The number of likely N-dealkylation sites (N-methyl/N-ethyl adjacent to an activating group) is 1. The third-order valence-electron chi connectivity index (χ3n) is 5.52. The molecule has 0 saturated carbocycles. The molecule has 1 aliphatic rings. The molecule has 1 saturated heterocycles. The molecule has 2 amide bonds. The number of nitrogens with one attached hydrogen (secondary N) is 1. The highest BCUT2D eigenvalue weighted by atomic mass is 16.2. The summed E-state index contributed by atoms with van der Waals surface area (Å²) < 4.78 is 0. The van der Waals surface area contributed by atoms with Crippen molar-refractivity contribution in [1.29, 1.82) is 0 Å². The van der Waals surface area contributed by atoms with E-state index in [0.717, 1.165) is 22.3 Å². The Bertz CT molecular complexity index is 761. The number of piperidine rings is 1. The first-order valence-corrected chi connectivity index (χ1v) is 9.03. The Labute approximate surface area is 157 Å². The first kappa shape index (κ1) is 20.1. The Morgan fingerprint density at radius 2 is 1.92 bits per heavy atom. The highest BCUT2D eigenvalue weighted by molar-refractivity contribution is 6.00. The fourth-order valence-corrected chi connectivity index (χ4v) is 3.26. The second-order valence-corrected chi connectivity index (χ2v) is 7.94. The molecule has 0 aromatic heterocycles. The molecule has 1 aromatic rings. The fraction of sp³-hybridized carbons (Fsp3) is 0.455. The highest BCUT2D eigenvalue weighted by Crippen LogP contribution is 2.33. The van der Waals surface area contributed by atoms with Crippen LogP contribution in [0.5, 0.6) is 0 Å². The molecule has 4 heteroatoms. The summed E-state index contributed by atoms with van der Waals surface area (Å²) in [6.45, 7) is 17.2. The highest BCUT2D eigenvalue weighted by Gasteiger charge is 2.30. The van der Waals surface area contributed by atoms with Gasteiger partial charge >= 0.3 is 0 Å². The number of allylic oxidation sites excluding steroid dienone is 2. The second kappa shape index (κ2) is 7.58. The number of amides is 2. The van der Waals surface area contributed by atoms with E-state index in [1.807, 2.05) is 25.8 Å². The van der Waals surface area contributed by atoms with E-state index in [1.54, 1.807) is 0 Å². The number of carbonyl (C=O) groups is 2. The van der Waals surface area contributed by atoms with Crippen molar-refractivity contribution >= 4 is 17.4 Å². The summed E-state index contributed by atoms with van der Waals surface area (Å²) >= 11 is 0. The lowest BCUT2D eigenvalue weighted by Crippen LogP contribution is -2.51. The molecule has 2 rings (SSSR count). The molecule has 1 unspecified atom stereocenters. The van der Waals surface area contributed by atoms with Gasteiger partial charge in [-0.05, 0) is 44.0 Å². The van der Waals surface area contributed by atoms with Crippen molar-refractivity contribution in [3.05, 3.63) is 53.6 Å². The quantitative estimate of drug-likeness (QED) is 0.624. The van der Waals surface area contributed by atoms with Crippen LogP contribution in [0, 0.1) is 0 Å². The van der Waals surface area contributed by atoms with E-state index in [4.69, 9.17) is 0 Å². The zero-order valence-electron chi connectivity index (χ0n) is 16.6. The van der Waals surface area contributed by atoms with Crippen LogP contribution in [0.1, 0.15) is 57.2 Å². The fourth-order valence-electron chi connectivity index (χ4n) is 3.26. The van der Waals surface area contributed by atoms with Crippen molar-refractivity contribution in [2.24, 2.45) is 0 Å². The van der Waals surface area contributed by atoms with Crippen LogP contribution in [0.25, 0.3) is 5.57 Å². The maximum Gasteiger partial charge on any atom is 0.243 e. The predicted octanol–water partition coefficient (Wildman–Crippen LogP) is 3.81. The van der Waals surface area contributed by atoms with Gasteiger partial charge in [-0.1, -0.05) is 56.4 Å². The van der Waals surface area contributed by atoms with E-state index in [9.17, 15) is 9.59 Å². The molecule has 0 spiro atoms. The van der Waals surface area contributed by atoms with Crippen LogP contribution in [0.3, 0.4) is 0 Å². The topological polar surface area (TPSA) is 49.4 Å². The van der Waals surface area contributed by atoms with Crippen molar-refractivity contribution in [2.75, 3.05) is 7.05 Å². The van der Waals surface area contributed by atoms with E-state index in [0.29, 0.717) is 19.4 Å². The van der Waals surface area contributed by atoms with Gasteiger partial charge in [0.15, 0.2) is 0 Å². The van der Waals surface area contributed by atoms with E-state index in [2.05, 4.69) is 50.5 Å². The molecule has 140 valence electrons. The minimum atomic E-state index is -0.288. The molecule has 0 radical (unpaired) electrons. The van der Waals surface area contributed by atoms with Crippen LogP contribution in [-0.4, -0.2) is 29.8 Å². The zero-order valence-corrected chi connectivity index (χ0v) is 16.6. The van der Waals surface area contributed by atoms with Gasteiger partial charge < -0.3 is 0 Å². The summed E-state index contributed by atoms with van der Waals surface area (Å²) in [5, 5.41) is 2.44. The van der Waals surface area contributed by atoms with E-state index in [1.165, 1.54) is 5.56 Å². The maximum atomic E-state index is 12.2. The normalized spacial score (nSPS) is 18.0. The maximum absolute atomic E-state index is 12.2. The van der Waals surface area contributed by atoms with Gasteiger partial charge in [0.05, 0.1) is 6.04 Å². The molecule has 1 fully saturated rings. The molecule has 1 aromatic carbocycles. The Morgan fingerprint density at radius 1 is 1.27 bits per heavy atom. The van der Waals surface area contributed by atoms with Crippen molar-refractivity contribution in [3.63, 3.8) is 0 Å². The molecule has 1 heterocycles. The summed E-state index contributed by atoms with van der Waals surface area (Å²) in [5.41, 5.74) is 5.40. The van der Waals surface area contributed by atoms with Gasteiger partial charge in [-0.3, -0.25) is 19.8 Å². The minimum Gasteiger partial charge on any atom is -0.295 e. The largest absolute Gasteiger partial charge is 0.295 e. The van der Waals surface area contributed by atoms with Gasteiger partial charge in [0.25, 0.3) is 0 Å². The molecule has 4 nitrogen and oxygen atoms in total. The minimum absolute atomic E-state index is 0.129. The third-order valence-corrected chi connectivity index (χ3v) is 5.52. The van der Waals surface area contributed by atoms with Gasteiger partial charge in [0.2, 0.25) is 11.8 Å². The second-order valence-electron chi connectivity index (χ2n) is 7.94. The molecule has 0 bridgehead atoms. The van der Waals surface area contributed by atoms with Crippen LogP contribution in [0.15, 0.2) is 36.9 Å². The number of hydrogen-bond acceptors (Lipinski definition) is 3. The van der Waals surface area contributed by atoms with Crippen molar-refractivity contribution in [3.8, 4) is 0 Å². The van der Waals surface area contributed by atoms with Crippen LogP contribution in [-0.2, 0) is 21.5 Å². The van der Waals surface area contributed by atoms with E-state index >= 15 is 0 Å². The van der Waals surface area contributed by atoms with Gasteiger partial charge in [-0.25, -0.2) is 0 Å². The molecule has 26 heavy (non-hydrogen) atoms. The van der Waals surface area contributed by atoms with Gasteiger partial charge in [-0.15, -0.1) is 0 Å². The lowest BCUT2D eigenvalue weighted by molar-refractivity contribution is -0.137. The Hall–Kier alpha value is -2.20. The zero-order chi connectivity index (χ0) is 19.6. The number of benzene rings is 1. The molecule has 1 aliphatic heterocycles. The molecular weight excluding hydrogens is 324 g/mol. The lowest BCUT2D eigenvalue weighted by Gasteiger charge is -2.31. The van der Waals surface area contributed by atoms with Crippen molar-refractivity contribution in [1.82, 2.24) is 10.2 Å². The Morgan fingerprint density at radius 3 is 2.46 bits per heavy atom. The SMILES string of the molecule is C=C(C)c1ccc(C(C)(C)C(=C)C)cc1CN(C)C1CCC(=O)NC1=O. The van der Waals surface area contributed by atoms with Crippen LogP contribution in [0.4, 0.5) is 0 Å². The Balaban J connectivity index is 2.34. The lowest BCUT2D eigenvalue weighted by atomic mass is 9.78. The average molecular weight is 354 g/mol. The first-order valence-electron chi connectivity index (χ1n) is 9.03. The Kier molecular flexibility index (Phi) is 5.87. The van der Waals surface area contributed by atoms with Crippen LogP contribution < -0.4 is 5.32 Å². The third kappa shape index (κ3) is 4.13. The first-order chi connectivity index (χ1) is 12.0. The number of nitrogens with zero attached hydrogens (tertiary/aromatic N) is 1. The van der Waals surface area contributed by atoms with Gasteiger partial charge in [0, 0.05) is 18.4 Å². The molecule has 1 atom stereocenters. The summed E-state index contributed by atoms with van der Waals surface area (Å²) in [6, 6.07) is 6.15. The van der Waals surface area contributed by atoms with Crippen molar-refractivity contribution in [2.45, 2.75) is 58.5 Å². The summed E-state index contributed by atoms with van der Waals surface area (Å²) in [6.07, 6.45) is 0.942. The van der Waals surface area contributed by atoms with Gasteiger partial charge in [0.1, 0.15) is 0 Å². The standard InChI is InChI=1S/C22H30N2O2/c1-14(2)18-9-8-17(22(5,6)15(3)4)12-16(18)13-24(7)19-10-11-20(25)23-21(19)26/h8-9,12,19H,1,3,10-11,13H2,2,4-7H3,(H,23,25,26). The summed E-state index contributed by atoms with van der Waals surface area (Å²) in [5.74, 6) is -0.397. The summed E-state index contributed by atoms with van der Waals surface area (Å²) in [4.78, 5) is 25.6. The summed E-state index contributed by atoms with van der Waals surface area (Å²) in [7, 11) is 1.93.